The molecule has 6 aromatic rings. The lowest BCUT2D eigenvalue weighted by Gasteiger charge is -2.13. The van der Waals surface area contributed by atoms with Gasteiger partial charge in [-0.3, -0.25) is 4.90 Å². The lowest BCUT2D eigenvalue weighted by molar-refractivity contribution is 0.0679. The Morgan fingerprint density at radius 2 is 1.41 bits per heavy atom. The molecule has 1 aliphatic rings. The summed E-state index contributed by atoms with van der Waals surface area (Å²) in [6.07, 6.45) is 13.8. The van der Waals surface area contributed by atoms with Crippen LogP contribution in [0.2, 0.25) is 5.28 Å². The van der Waals surface area contributed by atoms with Crippen LogP contribution in [0.5, 0.6) is 0 Å². The number of halogens is 1. The van der Waals surface area contributed by atoms with Crippen LogP contribution in [0.3, 0.4) is 0 Å². The molecule has 22 heteroatoms. The summed E-state index contributed by atoms with van der Waals surface area (Å²) < 4.78 is 7.94. The number of aromatic nitrogens is 12. The number of hydrogen-bond acceptors (Lipinski definition) is 17. The molecule has 1 atom stereocenters. The predicted molar refractivity (Wildman–Crippen MR) is 166 cm³/mol. The molecule has 51 heavy (non-hydrogen) atoms. The van der Waals surface area contributed by atoms with E-state index in [4.69, 9.17) is 42.1 Å². The standard InChI is InChI=1S/C15H11N9O.C9H5N5O2.C5H3ClN2O2/c16-6-10-7-19-24(8-10)15-18-4-3-11(20-15)14-21-13(22-25-14)12-2-1-5-23(12)9-17;10-3-6-4-12-14(5-6)9-11-2-1-7(13-9)8(15)16;6-5-7-2-1-3(8-5)4(9)10/h3-4,7-8,12H,1-2,5H2;1-2,4-5H,(H,15,16);1-2H,(H,9,10)/t12-;;/m0../s1. The lowest BCUT2D eigenvalue weighted by atomic mass is 10.2. The van der Waals surface area contributed by atoms with Gasteiger partial charge >= 0.3 is 11.9 Å². The van der Waals surface area contributed by atoms with Crippen LogP contribution in [0.1, 0.15) is 56.8 Å². The molecule has 0 unspecified atom stereocenters. The fourth-order valence-electron chi connectivity index (χ4n) is 4.22. The van der Waals surface area contributed by atoms with E-state index in [1.807, 2.05) is 12.1 Å². The van der Waals surface area contributed by atoms with Crippen molar-refractivity contribution in [3.8, 4) is 41.8 Å². The second kappa shape index (κ2) is 15.9. The van der Waals surface area contributed by atoms with E-state index in [9.17, 15) is 9.59 Å². The summed E-state index contributed by atoms with van der Waals surface area (Å²) in [7, 11) is 0. The van der Waals surface area contributed by atoms with Crippen LogP contribution in [0.4, 0.5) is 0 Å². The van der Waals surface area contributed by atoms with Crippen LogP contribution in [-0.2, 0) is 0 Å². The lowest BCUT2D eigenvalue weighted by Crippen LogP contribution is -2.17. The Bertz CT molecular complexity index is 2320. The van der Waals surface area contributed by atoms with Crippen molar-refractivity contribution in [3.05, 3.63) is 95.2 Å². The first-order valence-electron chi connectivity index (χ1n) is 14.2. The number of carboxylic acid groups (broad SMARTS) is 2. The van der Waals surface area contributed by atoms with Gasteiger partial charge in [0.15, 0.2) is 23.4 Å². The number of carbonyl (C=O) groups is 2. The highest BCUT2D eigenvalue weighted by Gasteiger charge is 2.29. The Labute approximate surface area is 290 Å². The van der Waals surface area contributed by atoms with Crippen molar-refractivity contribution in [2.75, 3.05) is 6.54 Å². The molecule has 0 radical (unpaired) electrons. The minimum Gasteiger partial charge on any atom is -0.477 e. The first kappa shape index (κ1) is 34.6. The molecule has 2 N–H and O–H groups in total. The predicted octanol–water partition coefficient (Wildman–Crippen LogP) is 2.26. The molecule has 0 bridgehead atoms. The number of carboxylic acids is 2. The van der Waals surface area contributed by atoms with Gasteiger partial charge in [0.05, 0.1) is 35.9 Å². The van der Waals surface area contributed by atoms with Gasteiger partial charge in [-0.1, -0.05) is 5.16 Å². The quantitative estimate of drug-likeness (QED) is 0.185. The Morgan fingerprint density at radius 3 is 1.96 bits per heavy atom. The normalized spacial score (nSPS) is 13.0. The highest BCUT2D eigenvalue weighted by atomic mass is 35.5. The van der Waals surface area contributed by atoms with E-state index in [-0.39, 0.29) is 34.6 Å². The molecule has 7 heterocycles. The molecule has 1 aliphatic heterocycles. The molecular weight excluding hydrogens is 688 g/mol. The van der Waals surface area contributed by atoms with Gasteiger partial charge in [-0.2, -0.15) is 31.0 Å². The number of rotatable bonds is 6. The Kier molecular flexibility index (Phi) is 10.8. The van der Waals surface area contributed by atoms with Crippen LogP contribution >= 0.6 is 11.6 Å². The average molecular weight is 707 g/mol. The van der Waals surface area contributed by atoms with Crippen molar-refractivity contribution in [2.45, 2.75) is 18.9 Å². The third kappa shape index (κ3) is 8.61. The average Bonchev–Trinajstić information content (AvgIpc) is 3.99. The monoisotopic (exact) mass is 706 g/mol. The highest BCUT2D eigenvalue weighted by Crippen LogP contribution is 2.30. The van der Waals surface area contributed by atoms with Crippen molar-refractivity contribution < 1.29 is 24.3 Å². The second-order valence-electron chi connectivity index (χ2n) is 9.78. The summed E-state index contributed by atoms with van der Waals surface area (Å²) in [5.41, 5.74) is 0.981. The fraction of sp³-hybridized carbons (Fsp3) is 0.138. The van der Waals surface area contributed by atoms with Crippen molar-refractivity contribution >= 4 is 23.5 Å². The molecule has 0 aliphatic carbocycles. The molecule has 7 rings (SSSR count). The molecule has 1 fully saturated rings. The van der Waals surface area contributed by atoms with Crippen LogP contribution in [0.15, 0.2) is 66.1 Å². The summed E-state index contributed by atoms with van der Waals surface area (Å²) in [6, 6.07) is 7.93. The smallest absolute Gasteiger partial charge is 0.354 e. The molecule has 21 nitrogen and oxygen atoms in total. The molecule has 0 amide bonds. The van der Waals surface area contributed by atoms with Crippen molar-refractivity contribution in [2.24, 2.45) is 0 Å². The minimum absolute atomic E-state index is 0.0556. The number of nitrogens with zero attached hydrogens (tertiary/aromatic N) is 16. The molecular formula is C29H19ClN16O5. The number of nitriles is 3. The van der Waals surface area contributed by atoms with Gasteiger partial charge in [-0.25, -0.2) is 48.9 Å². The zero-order chi connectivity index (χ0) is 36.3. The SMILES string of the molecule is N#Cc1cnn(-c2nccc(-c3nc([C@@H]4CCCN4C#N)no3)n2)c1.N#Cc1cnn(-c2nccc(C(=O)O)n2)c1.O=C(O)c1ccnc(Cl)n1. The second-order valence-corrected chi connectivity index (χ2v) is 10.1. The number of aromatic carboxylic acids is 2. The summed E-state index contributed by atoms with van der Waals surface area (Å²) in [5.74, 6) is -1.13. The van der Waals surface area contributed by atoms with Gasteiger partial charge in [0.25, 0.3) is 17.8 Å². The fourth-order valence-corrected chi connectivity index (χ4v) is 4.37. The van der Waals surface area contributed by atoms with Gasteiger partial charge < -0.3 is 14.7 Å². The maximum Gasteiger partial charge on any atom is 0.354 e. The molecule has 6 aromatic heterocycles. The summed E-state index contributed by atoms with van der Waals surface area (Å²) >= 11 is 5.30. The first-order valence-corrected chi connectivity index (χ1v) is 14.6. The van der Waals surface area contributed by atoms with E-state index in [2.05, 4.69) is 56.4 Å². The highest BCUT2D eigenvalue weighted by molar-refractivity contribution is 6.28. The van der Waals surface area contributed by atoms with Crippen LogP contribution < -0.4 is 0 Å². The van der Waals surface area contributed by atoms with Crippen LogP contribution in [-0.4, -0.2) is 93.2 Å². The van der Waals surface area contributed by atoms with Gasteiger partial charge in [0.1, 0.15) is 23.9 Å². The Balaban J connectivity index is 0.000000166. The van der Waals surface area contributed by atoms with Gasteiger partial charge in [0.2, 0.25) is 5.28 Å². The largest absolute Gasteiger partial charge is 0.477 e. The van der Waals surface area contributed by atoms with Crippen LogP contribution in [0.25, 0.3) is 23.5 Å². The minimum atomic E-state index is -1.14. The van der Waals surface area contributed by atoms with E-state index in [1.54, 1.807) is 17.2 Å². The van der Waals surface area contributed by atoms with E-state index in [1.165, 1.54) is 58.7 Å². The first-order chi connectivity index (χ1) is 24.7. The third-order valence-corrected chi connectivity index (χ3v) is 6.71. The van der Waals surface area contributed by atoms with Gasteiger partial charge in [-0.05, 0) is 42.6 Å². The van der Waals surface area contributed by atoms with E-state index >= 15 is 0 Å². The Hall–Kier alpha value is -7.70. The topological polar surface area (TPSA) is 301 Å². The zero-order valence-corrected chi connectivity index (χ0v) is 26.4. The summed E-state index contributed by atoms with van der Waals surface area (Å²) in [5, 5.41) is 55.5. The van der Waals surface area contributed by atoms with Gasteiger partial charge in [0, 0.05) is 25.1 Å². The van der Waals surface area contributed by atoms with Gasteiger partial charge in [-0.15, -0.1) is 0 Å². The number of hydrogen-bond donors (Lipinski definition) is 2. The molecule has 0 aromatic carbocycles. The van der Waals surface area contributed by atoms with Crippen molar-refractivity contribution in [1.29, 1.82) is 15.8 Å². The summed E-state index contributed by atoms with van der Waals surface area (Å²) in [6.45, 7) is 0.698. The molecule has 1 saturated heterocycles. The summed E-state index contributed by atoms with van der Waals surface area (Å²) in [4.78, 5) is 49.9. The van der Waals surface area contributed by atoms with Crippen LogP contribution in [0, 0.1) is 34.1 Å². The molecule has 252 valence electrons. The third-order valence-electron chi connectivity index (χ3n) is 6.52. The maximum absolute atomic E-state index is 10.7. The van der Waals surface area contributed by atoms with E-state index in [0.29, 0.717) is 35.1 Å². The molecule has 0 spiro atoms. The maximum atomic E-state index is 10.7. The number of likely N-dealkylation sites (tertiary alicyclic amines) is 1. The van der Waals surface area contributed by atoms with E-state index < -0.39 is 11.9 Å². The van der Waals surface area contributed by atoms with Crippen molar-refractivity contribution in [1.82, 2.24) is 64.5 Å². The molecule has 0 saturated carbocycles. The Morgan fingerprint density at radius 1 is 0.824 bits per heavy atom. The zero-order valence-electron chi connectivity index (χ0n) is 25.6. The van der Waals surface area contributed by atoms with Crippen molar-refractivity contribution in [3.63, 3.8) is 0 Å². The van der Waals surface area contributed by atoms with E-state index in [0.717, 1.165) is 12.8 Å².